The summed E-state index contributed by atoms with van der Waals surface area (Å²) in [6, 6.07) is 0. The normalized spacial score (nSPS) is 31.8. The number of hydrogen-bond acceptors (Lipinski definition) is 5. The van der Waals surface area contributed by atoms with Crippen LogP contribution in [0.15, 0.2) is 15.8 Å². The molecule has 1 saturated heterocycles. The fourth-order valence-electron chi connectivity index (χ4n) is 1.73. The van der Waals surface area contributed by atoms with Gasteiger partial charge in [-0.1, -0.05) is 11.6 Å². The lowest BCUT2D eigenvalue weighted by Crippen LogP contribution is -2.36. The van der Waals surface area contributed by atoms with Crippen LogP contribution in [0.4, 0.5) is 4.39 Å². The molecule has 1 fully saturated rings. The van der Waals surface area contributed by atoms with Crippen molar-refractivity contribution in [1.82, 2.24) is 9.55 Å². The molecule has 2 heterocycles. The van der Waals surface area contributed by atoms with E-state index in [1.165, 1.54) is 0 Å². The Balaban J connectivity index is 2.42. The third-order valence-electron chi connectivity index (χ3n) is 2.67. The molecule has 1 aliphatic rings. The number of H-pyrrole nitrogens is 1. The van der Waals surface area contributed by atoms with E-state index in [1.807, 2.05) is 4.98 Å². The van der Waals surface area contributed by atoms with Crippen LogP contribution in [0.1, 0.15) is 6.23 Å². The average molecular weight is 281 g/mol. The first-order chi connectivity index (χ1) is 8.45. The molecule has 0 amide bonds. The zero-order valence-electron chi connectivity index (χ0n) is 8.92. The first-order valence-corrected chi connectivity index (χ1v) is 5.43. The third kappa shape index (κ3) is 2.07. The predicted molar refractivity (Wildman–Crippen MR) is 58.2 cm³/mol. The Bertz CT molecular complexity index is 559. The number of aromatic amines is 1. The minimum Gasteiger partial charge on any atom is -0.394 e. The zero-order chi connectivity index (χ0) is 13.4. The van der Waals surface area contributed by atoms with E-state index in [2.05, 4.69) is 0 Å². The van der Waals surface area contributed by atoms with Crippen molar-refractivity contribution in [3.05, 3.63) is 32.1 Å². The van der Waals surface area contributed by atoms with Crippen LogP contribution in [0.5, 0.6) is 0 Å². The summed E-state index contributed by atoms with van der Waals surface area (Å²) in [7, 11) is 0. The summed E-state index contributed by atoms with van der Waals surface area (Å²) in [5.41, 5.74) is -1.71. The zero-order valence-corrected chi connectivity index (χ0v) is 9.67. The molecule has 1 aromatic heterocycles. The van der Waals surface area contributed by atoms with Gasteiger partial charge in [0.1, 0.15) is 17.2 Å². The monoisotopic (exact) mass is 280 g/mol. The van der Waals surface area contributed by atoms with E-state index in [0.717, 1.165) is 10.8 Å². The van der Waals surface area contributed by atoms with Gasteiger partial charge in [0.05, 0.1) is 6.61 Å². The number of alkyl halides is 1. The van der Waals surface area contributed by atoms with Crippen LogP contribution in [0, 0.1) is 0 Å². The molecule has 0 aromatic carbocycles. The Kier molecular flexibility index (Phi) is 3.53. The Morgan fingerprint density at radius 2 is 2.22 bits per heavy atom. The molecule has 0 aliphatic carbocycles. The quantitative estimate of drug-likeness (QED) is 0.630. The van der Waals surface area contributed by atoms with Gasteiger partial charge in [-0.05, 0) is 0 Å². The Morgan fingerprint density at radius 1 is 1.56 bits per heavy atom. The lowest BCUT2D eigenvalue weighted by atomic mass is 10.1. The molecule has 0 radical (unpaired) electrons. The third-order valence-corrected chi connectivity index (χ3v) is 2.94. The van der Waals surface area contributed by atoms with Gasteiger partial charge in [0, 0.05) is 6.20 Å². The summed E-state index contributed by atoms with van der Waals surface area (Å²) in [5, 5.41) is 18.0. The van der Waals surface area contributed by atoms with Gasteiger partial charge in [-0.15, -0.1) is 0 Å². The molecular weight excluding hydrogens is 271 g/mol. The van der Waals surface area contributed by atoms with Crippen LogP contribution >= 0.6 is 11.6 Å². The maximum Gasteiger partial charge on any atom is 0.330 e. The van der Waals surface area contributed by atoms with Gasteiger partial charge in [0.15, 0.2) is 12.4 Å². The predicted octanol–water partition coefficient (Wildman–Crippen LogP) is -1.22. The van der Waals surface area contributed by atoms with Crippen molar-refractivity contribution in [3.8, 4) is 0 Å². The van der Waals surface area contributed by atoms with Crippen LogP contribution in [0.25, 0.3) is 0 Å². The van der Waals surface area contributed by atoms with Crippen molar-refractivity contribution in [1.29, 1.82) is 0 Å². The number of nitrogens with one attached hydrogen (secondary N) is 1. The van der Waals surface area contributed by atoms with E-state index in [9.17, 15) is 19.1 Å². The van der Waals surface area contributed by atoms with E-state index in [1.54, 1.807) is 0 Å². The van der Waals surface area contributed by atoms with E-state index < -0.39 is 42.5 Å². The molecule has 0 bridgehead atoms. The standard InChI is InChI=1S/C9H10ClFN2O5/c10-3-1-13(9(17)12-7(3)16)8-5(11)6(15)4(2-14)18-8/h1,4-6,8,14-15H,2H2,(H,12,16,17)/t4-,5?,6-,8-/m1/s1. The minimum atomic E-state index is -1.91. The van der Waals surface area contributed by atoms with Gasteiger partial charge in [0.25, 0.3) is 5.56 Å². The molecule has 3 N–H and O–H groups in total. The lowest BCUT2D eigenvalue weighted by Gasteiger charge is -2.15. The number of aliphatic hydroxyl groups is 2. The molecule has 18 heavy (non-hydrogen) atoms. The molecule has 0 spiro atoms. The van der Waals surface area contributed by atoms with Crippen molar-refractivity contribution in [2.24, 2.45) is 0 Å². The molecule has 9 heteroatoms. The number of ether oxygens (including phenoxy) is 1. The summed E-state index contributed by atoms with van der Waals surface area (Å²) in [6.45, 7) is -0.593. The highest BCUT2D eigenvalue weighted by molar-refractivity contribution is 6.30. The van der Waals surface area contributed by atoms with Gasteiger partial charge in [-0.25, -0.2) is 9.18 Å². The fourth-order valence-corrected chi connectivity index (χ4v) is 1.88. The summed E-state index contributed by atoms with van der Waals surface area (Å²) >= 11 is 5.53. The van der Waals surface area contributed by atoms with E-state index in [0.29, 0.717) is 0 Å². The number of halogens is 2. The van der Waals surface area contributed by atoms with Gasteiger partial charge in [-0.3, -0.25) is 14.3 Å². The maximum atomic E-state index is 13.7. The molecule has 7 nitrogen and oxygen atoms in total. The summed E-state index contributed by atoms with van der Waals surface area (Å²) in [5.74, 6) is 0. The first kappa shape index (κ1) is 13.2. The number of aliphatic hydroxyl groups excluding tert-OH is 2. The van der Waals surface area contributed by atoms with Crippen LogP contribution in [-0.4, -0.2) is 44.8 Å². The van der Waals surface area contributed by atoms with Crippen LogP contribution < -0.4 is 11.2 Å². The Morgan fingerprint density at radius 3 is 2.78 bits per heavy atom. The number of nitrogens with zero attached hydrogens (tertiary/aromatic N) is 1. The Labute approximate surface area is 104 Å². The SMILES string of the molecule is O=c1[nH]c(=O)n([C@@H]2O[C@H](CO)[C@@H](O)C2F)cc1Cl. The highest BCUT2D eigenvalue weighted by Gasteiger charge is 2.45. The lowest BCUT2D eigenvalue weighted by molar-refractivity contribution is -0.0491. The summed E-state index contributed by atoms with van der Waals surface area (Å²) in [6.07, 6.45) is -5.13. The molecule has 1 unspecified atom stereocenters. The molecule has 4 atom stereocenters. The van der Waals surface area contributed by atoms with Crippen molar-refractivity contribution in [2.75, 3.05) is 6.61 Å². The van der Waals surface area contributed by atoms with E-state index in [4.69, 9.17) is 21.4 Å². The molecule has 2 rings (SSSR count). The van der Waals surface area contributed by atoms with Gasteiger partial charge < -0.3 is 14.9 Å². The smallest absolute Gasteiger partial charge is 0.330 e. The van der Waals surface area contributed by atoms with Crippen LogP contribution in [-0.2, 0) is 4.74 Å². The number of rotatable bonds is 2. The van der Waals surface area contributed by atoms with Gasteiger partial charge in [-0.2, -0.15) is 0 Å². The van der Waals surface area contributed by atoms with Gasteiger partial charge >= 0.3 is 5.69 Å². The minimum absolute atomic E-state index is 0.313. The molecule has 1 aliphatic heterocycles. The van der Waals surface area contributed by atoms with Crippen molar-refractivity contribution in [3.63, 3.8) is 0 Å². The summed E-state index contributed by atoms with van der Waals surface area (Å²) in [4.78, 5) is 24.4. The first-order valence-electron chi connectivity index (χ1n) is 5.05. The topological polar surface area (TPSA) is 105 Å². The molecule has 0 saturated carbocycles. The fraction of sp³-hybridized carbons (Fsp3) is 0.556. The second kappa shape index (κ2) is 4.81. The van der Waals surface area contributed by atoms with Crippen molar-refractivity contribution in [2.45, 2.75) is 24.6 Å². The number of hydrogen-bond donors (Lipinski definition) is 3. The van der Waals surface area contributed by atoms with E-state index in [-0.39, 0.29) is 5.02 Å². The van der Waals surface area contributed by atoms with Crippen LogP contribution in [0.3, 0.4) is 0 Å². The maximum absolute atomic E-state index is 13.7. The highest BCUT2D eigenvalue weighted by Crippen LogP contribution is 2.30. The average Bonchev–Trinajstić information content (AvgIpc) is 2.61. The molecule has 100 valence electrons. The highest BCUT2D eigenvalue weighted by atomic mass is 35.5. The largest absolute Gasteiger partial charge is 0.394 e. The Hall–Kier alpha value is -1.22. The van der Waals surface area contributed by atoms with E-state index >= 15 is 0 Å². The number of aromatic nitrogens is 2. The second-order valence-electron chi connectivity index (χ2n) is 3.83. The summed E-state index contributed by atoms with van der Waals surface area (Å²) < 4.78 is 19.5. The van der Waals surface area contributed by atoms with Gasteiger partial charge in [0.2, 0.25) is 0 Å². The van der Waals surface area contributed by atoms with Crippen LogP contribution in [0.2, 0.25) is 5.02 Å². The second-order valence-corrected chi connectivity index (χ2v) is 4.23. The van der Waals surface area contributed by atoms with Crippen molar-refractivity contribution >= 4 is 11.6 Å². The van der Waals surface area contributed by atoms with Crippen molar-refractivity contribution < 1.29 is 19.3 Å². The molecular formula is C9H10ClFN2O5. The molecule has 1 aromatic rings.